The summed E-state index contributed by atoms with van der Waals surface area (Å²) in [6, 6.07) is 0. The van der Waals surface area contributed by atoms with Crippen molar-refractivity contribution in [2.45, 2.75) is 39.4 Å². The van der Waals surface area contributed by atoms with Crippen LogP contribution in [0.15, 0.2) is 4.99 Å². The lowest BCUT2D eigenvalue weighted by atomic mass is 9.97. The van der Waals surface area contributed by atoms with Crippen LogP contribution in [0.1, 0.15) is 34.6 Å². The number of hydrogen-bond acceptors (Lipinski definition) is 3. The Morgan fingerprint density at radius 3 is 2.37 bits per heavy atom. The number of hydrogen-bond donors (Lipinski definition) is 1. The molecule has 0 unspecified atom stereocenters. The molecular formula is C13H27N3O2S. The SMILES string of the molecule is CN=C(NCC(C)(C)C)N1CCS(=O)(=O)C(C)(C)C1. The molecule has 0 aromatic heterocycles. The highest BCUT2D eigenvalue weighted by atomic mass is 32.2. The second-order valence-electron chi connectivity index (χ2n) is 6.96. The molecule has 0 saturated carbocycles. The van der Waals surface area contributed by atoms with Crippen LogP contribution in [0.25, 0.3) is 0 Å². The molecule has 0 spiro atoms. The van der Waals surface area contributed by atoms with Crippen molar-refractivity contribution in [2.75, 3.05) is 32.4 Å². The molecule has 112 valence electrons. The van der Waals surface area contributed by atoms with E-state index >= 15 is 0 Å². The lowest BCUT2D eigenvalue weighted by Crippen LogP contribution is -2.57. The van der Waals surface area contributed by atoms with Crippen molar-refractivity contribution < 1.29 is 8.42 Å². The van der Waals surface area contributed by atoms with Crippen molar-refractivity contribution in [1.82, 2.24) is 10.2 Å². The van der Waals surface area contributed by atoms with Crippen LogP contribution in [0.3, 0.4) is 0 Å². The molecule has 5 nitrogen and oxygen atoms in total. The van der Waals surface area contributed by atoms with Crippen LogP contribution in [0.5, 0.6) is 0 Å². The van der Waals surface area contributed by atoms with Crippen LogP contribution in [-0.4, -0.2) is 56.5 Å². The second kappa shape index (κ2) is 5.31. The average Bonchev–Trinajstić information content (AvgIpc) is 2.22. The number of aliphatic imine (C=N–C) groups is 1. The Kier molecular flexibility index (Phi) is 4.55. The number of nitrogens with one attached hydrogen (secondary N) is 1. The Labute approximate surface area is 117 Å². The quantitative estimate of drug-likeness (QED) is 0.580. The van der Waals surface area contributed by atoms with Gasteiger partial charge in [0.1, 0.15) is 0 Å². The van der Waals surface area contributed by atoms with Gasteiger partial charge in [0, 0.05) is 26.7 Å². The minimum Gasteiger partial charge on any atom is -0.356 e. The molecule has 1 rings (SSSR count). The van der Waals surface area contributed by atoms with Crippen LogP contribution < -0.4 is 5.32 Å². The van der Waals surface area contributed by atoms with Gasteiger partial charge in [-0.3, -0.25) is 4.99 Å². The molecule has 19 heavy (non-hydrogen) atoms. The highest BCUT2D eigenvalue weighted by molar-refractivity contribution is 7.92. The highest BCUT2D eigenvalue weighted by Crippen LogP contribution is 2.23. The van der Waals surface area contributed by atoms with Gasteiger partial charge in [0.2, 0.25) is 0 Å². The highest BCUT2D eigenvalue weighted by Gasteiger charge is 2.41. The van der Waals surface area contributed by atoms with E-state index in [1.807, 2.05) is 4.90 Å². The van der Waals surface area contributed by atoms with E-state index in [-0.39, 0.29) is 11.2 Å². The second-order valence-corrected chi connectivity index (χ2v) is 9.70. The van der Waals surface area contributed by atoms with Gasteiger partial charge in [0.15, 0.2) is 15.8 Å². The summed E-state index contributed by atoms with van der Waals surface area (Å²) in [5.41, 5.74) is 0.160. The number of sulfone groups is 1. The zero-order chi connectivity index (χ0) is 14.9. The van der Waals surface area contributed by atoms with Crippen molar-refractivity contribution >= 4 is 15.8 Å². The average molecular weight is 289 g/mol. The standard InChI is InChI=1S/C13H27N3O2S/c1-12(2,3)9-15-11(14-6)16-7-8-19(17,18)13(4,5)10-16/h7-10H2,1-6H3,(H,14,15). The topological polar surface area (TPSA) is 61.8 Å². The van der Waals surface area contributed by atoms with Crippen LogP contribution in [0.2, 0.25) is 0 Å². The molecule has 0 aromatic rings. The zero-order valence-electron chi connectivity index (χ0n) is 12.9. The van der Waals surface area contributed by atoms with E-state index in [2.05, 4.69) is 31.1 Å². The molecule has 0 amide bonds. The zero-order valence-corrected chi connectivity index (χ0v) is 13.8. The number of guanidine groups is 1. The van der Waals surface area contributed by atoms with Gasteiger partial charge < -0.3 is 10.2 Å². The molecule has 0 aromatic carbocycles. The number of nitrogens with zero attached hydrogens (tertiary/aromatic N) is 2. The fourth-order valence-electron chi connectivity index (χ4n) is 2.00. The lowest BCUT2D eigenvalue weighted by molar-refractivity contribution is 0.340. The molecule has 1 fully saturated rings. The van der Waals surface area contributed by atoms with Crippen LogP contribution in [0.4, 0.5) is 0 Å². The molecule has 1 N–H and O–H groups in total. The summed E-state index contributed by atoms with van der Waals surface area (Å²) in [5.74, 6) is 0.980. The summed E-state index contributed by atoms with van der Waals surface area (Å²) < 4.78 is 23.3. The molecule has 1 heterocycles. The third kappa shape index (κ3) is 4.09. The van der Waals surface area contributed by atoms with Gasteiger partial charge >= 0.3 is 0 Å². The summed E-state index contributed by atoms with van der Waals surface area (Å²) in [7, 11) is -1.27. The summed E-state index contributed by atoms with van der Waals surface area (Å²) in [4.78, 5) is 6.30. The van der Waals surface area contributed by atoms with E-state index in [1.165, 1.54) is 0 Å². The van der Waals surface area contributed by atoms with Crippen molar-refractivity contribution in [3.8, 4) is 0 Å². The smallest absolute Gasteiger partial charge is 0.193 e. The molecule has 1 aliphatic rings. The van der Waals surface area contributed by atoms with E-state index in [1.54, 1.807) is 20.9 Å². The fourth-order valence-corrected chi connectivity index (χ4v) is 3.37. The Bertz CT molecular complexity index is 447. The predicted octanol–water partition coefficient (Wildman–Crippen LogP) is 1.12. The van der Waals surface area contributed by atoms with Crippen molar-refractivity contribution in [3.05, 3.63) is 0 Å². The summed E-state index contributed by atoms with van der Waals surface area (Å²) >= 11 is 0. The largest absolute Gasteiger partial charge is 0.356 e. The molecule has 0 bridgehead atoms. The third-order valence-electron chi connectivity index (χ3n) is 3.33. The van der Waals surface area contributed by atoms with Crippen LogP contribution >= 0.6 is 0 Å². The molecular weight excluding hydrogens is 262 g/mol. The first-order valence-electron chi connectivity index (χ1n) is 6.66. The number of rotatable bonds is 1. The molecule has 1 aliphatic heterocycles. The van der Waals surface area contributed by atoms with Gasteiger partial charge in [-0.2, -0.15) is 0 Å². The maximum atomic E-state index is 12.0. The first kappa shape index (κ1) is 16.3. The maximum absolute atomic E-state index is 12.0. The minimum absolute atomic E-state index is 0.160. The predicted molar refractivity (Wildman–Crippen MR) is 80.3 cm³/mol. The maximum Gasteiger partial charge on any atom is 0.193 e. The Morgan fingerprint density at radius 2 is 1.95 bits per heavy atom. The van der Waals surface area contributed by atoms with Gasteiger partial charge in [0.25, 0.3) is 0 Å². The monoisotopic (exact) mass is 289 g/mol. The minimum atomic E-state index is -3.00. The Hall–Kier alpha value is -0.780. The van der Waals surface area contributed by atoms with Gasteiger partial charge in [0.05, 0.1) is 10.5 Å². The fraction of sp³-hybridized carbons (Fsp3) is 0.923. The van der Waals surface area contributed by atoms with Crippen molar-refractivity contribution in [3.63, 3.8) is 0 Å². The van der Waals surface area contributed by atoms with Gasteiger partial charge in [-0.05, 0) is 19.3 Å². The molecule has 6 heteroatoms. The van der Waals surface area contributed by atoms with Crippen molar-refractivity contribution in [2.24, 2.45) is 10.4 Å². The van der Waals surface area contributed by atoms with Crippen LogP contribution in [-0.2, 0) is 9.84 Å². The van der Waals surface area contributed by atoms with E-state index < -0.39 is 14.6 Å². The summed E-state index contributed by atoms with van der Waals surface area (Å²) in [6.45, 7) is 11.8. The third-order valence-corrected chi connectivity index (χ3v) is 5.86. The van der Waals surface area contributed by atoms with Gasteiger partial charge in [-0.1, -0.05) is 20.8 Å². The molecule has 0 radical (unpaired) electrons. The van der Waals surface area contributed by atoms with Gasteiger partial charge in [-0.15, -0.1) is 0 Å². The van der Waals surface area contributed by atoms with E-state index in [0.717, 1.165) is 12.5 Å². The summed E-state index contributed by atoms with van der Waals surface area (Å²) in [6.07, 6.45) is 0. The summed E-state index contributed by atoms with van der Waals surface area (Å²) in [5, 5.41) is 3.33. The van der Waals surface area contributed by atoms with E-state index in [9.17, 15) is 8.42 Å². The Balaban J connectivity index is 2.76. The van der Waals surface area contributed by atoms with Crippen molar-refractivity contribution in [1.29, 1.82) is 0 Å². The molecule has 0 aliphatic carbocycles. The van der Waals surface area contributed by atoms with Crippen LogP contribution in [0, 0.1) is 5.41 Å². The molecule has 0 atom stereocenters. The van der Waals surface area contributed by atoms with E-state index in [4.69, 9.17) is 0 Å². The first-order chi connectivity index (χ1) is 8.48. The Morgan fingerprint density at radius 1 is 1.37 bits per heavy atom. The normalized spacial score (nSPS) is 23.3. The molecule has 1 saturated heterocycles. The van der Waals surface area contributed by atoms with E-state index in [0.29, 0.717) is 13.1 Å². The lowest BCUT2D eigenvalue weighted by Gasteiger charge is -2.39. The van der Waals surface area contributed by atoms with Gasteiger partial charge in [-0.25, -0.2) is 8.42 Å². The first-order valence-corrected chi connectivity index (χ1v) is 8.32.